The molecular formula is C14H22N2. The molecule has 1 aliphatic rings. The van der Waals surface area contributed by atoms with Crippen LogP contribution in [0.25, 0.3) is 0 Å². The average molecular weight is 218 g/mol. The Kier molecular flexibility index (Phi) is 2.83. The topological polar surface area (TPSA) is 38.0 Å². The number of rotatable bonds is 4. The van der Waals surface area contributed by atoms with Crippen LogP contribution >= 0.6 is 0 Å². The van der Waals surface area contributed by atoms with Gasteiger partial charge in [0.1, 0.15) is 0 Å². The summed E-state index contributed by atoms with van der Waals surface area (Å²) in [6.07, 6.45) is 2.70. The van der Waals surface area contributed by atoms with Gasteiger partial charge in [-0.2, -0.15) is 0 Å². The number of hydrogen-bond donors (Lipinski definition) is 2. The lowest BCUT2D eigenvalue weighted by atomic mass is 9.92. The van der Waals surface area contributed by atoms with E-state index in [1.807, 2.05) is 6.07 Å². The molecule has 1 aromatic carbocycles. The maximum Gasteiger partial charge on any atom is 0.0574 e. The molecule has 3 N–H and O–H groups in total. The van der Waals surface area contributed by atoms with Crippen LogP contribution in [0.5, 0.6) is 0 Å². The first kappa shape index (κ1) is 11.3. The number of aryl methyl sites for hydroxylation is 1. The summed E-state index contributed by atoms with van der Waals surface area (Å²) in [7, 11) is 0. The summed E-state index contributed by atoms with van der Waals surface area (Å²) in [6, 6.07) is 6.21. The van der Waals surface area contributed by atoms with E-state index in [0.717, 1.165) is 23.8 Å². The minimum atomic E-state index is 0.525. The first-order chi connectivity index (χ1) is 7.53. The summed E-state index contributed by atoms with van der Waals surface area (Å²) < 4.78 is 0. The van der Waals surface area contributed by atoms with Crippen LogP contribution in [-0.4, -0.2) is 6.54 Å². The summed E-state index contributed by atoms with van der Waals surface area (Å²) in [6.45, 7) is 7.74. The lowest BCUT2D eigenvalue weighted by molar-refractivity contribution is 0.380. The lowest BCUT2D eigenvalue weighted by Gasteiger charge is -2.21. The van der Waals surface area contributed by atoms with Crippen LogP contribution in [0.1, 0.15) is 32.3 Å². The van der Waals surface area contributed by atoms with Crippen molar-refractivity contribution in [2.24, 2.45) is 11.3 Å². The van der Waals surface area contributed by atoms with Gasteiger partial charge in [-0.1, -0.05) is 19.9 Å². The molecule has 1 aromatic rings. The quantitative estimate of drug-likeness (QED) is 0.760. The fraction of sp³-hybridized carbons (Fsp3) is 0.571. The van der Waals surface area contributed by atoms with Crippen LogP contribution in [0.2, 0.25) is 0 Å². The van der Waals surface area contributed by atoms with Crippen molar-refractivity contribution in [2.75, 3.05) is 17.6 Å². The van der Waals surface area contributed by atoms with E-state index < -0.39 is 0 Å². The first-order valence-corrected chi connectivity index (χ1v) is 6.13. The summed E-state index contributed by atoms with van der Waals surface area (Å²) in [5.74, 6) is 0.756. The summed E-state index contributed by atoms with van der Waals surface area (Å²) in [5.41, 5.74) is 9.67. The van der Waals surface area contributed by atoms with Crippen LogP contribution in [0, 0.1) is 18.3 Å². The van der Waals surface area contributed by atoms with E-state index in [9.17, 15) is 0 Å². The van der Waals surface area contributed by atoms with Gasteiger partial charge in [-0.3, -0.25) is 0 Å². The standard InChI is InChI=1S/C14H22N2/c1-10(2)14(6-7-14)9-16-13-5-4-11(3)8-12(13)15/h4-5,8,10,16H,6-7,9,15H2,1-3H3. The molecule has 0 radical (unpaired) electrons. The fourth-order valence-corrected chi connectivity index (χ4v) is 2.23. The van der Waals surface area contributed by atoms with Gasteiger partial charge in [0.15, 0.2) is 0 Å². The van der Waals surface area contributed by atoms with Gasteiger partial charge in [-0.05, 0) is 48.8 Å². The summed E-state index contributed by atoms with van der Waals surface area (Å²) in [4.78, 5) is 0. The van der Waals surface area contributed by atoms with E-state index in [1.165, 1.54) is 18.4 Å². The molecule has 0 saturated heterocycles. The molecular weight excluding hydrogens is 196 g/mol. The Bertz CT molecular complexity index is 378. The second kappa shape index (κ2) is 4.00. The monoisotopic (exact) mass is 218 g/mol. The smallest absolute Gasteiger partial charge is 0.0574 e. The van der Waals surface area contributed by atoms with Gasteiger partial charge in [0, 0.05) is 6.54 Å². The van der Waals surface area contributed by atoms with Gasteiger partial charge in [-0.15, -0.1) is 0 Å². The van der Waals surface area contributed by atoms with Crippen molar-refractivity contribution in [1.29, 1.82) is 0 Å². The van der Waals surface area contributed by atoms with E-state index in [2.05, 4.69) is 38.2 Å². The van der Waals surface area contributed by atoms with E-state index in [4.69, 9.17) is 5.73 Å². The third-order valence-corrected chi connectivity index (χ3v) is 3.95. The van der Waals surface area contributed by atoms with Gasteiger partial charge in [0.25, 0.3) is 0 Å². The molecule has 1 saturated carbocycles. The number of anilines is 2. The number of nitrogen functional groups attached to an aromatic ring is 1. The maximum atomic E-state index is 5.98. The van der Waals surface area contributed by atoms with E-state index in [1.54, 1.807) is 0 Å². The molecule has 0 unspecified atom stereocenters. The molecule has 0 atom stereocenters. The molecule has 0 heterocycles. The van der Waals surface area contributed by atoms with E-state index in [-0.39, 0.29) is 0 Å². The van der Waals surface area contributed by atoms with Gasteiger partial charge in [-0.25, -0.2) is 0 Å². The molecule has 0 aromatic heterocycles. The lowest BCUT2D eigenvalue weighted by Crippen LogP contribution is -2.21. The number of nitrogens with one attached hydrogen (secondary N) is 1. The third kappa shape index (κ3) is 2.16. The van der Waals surface area contributed by atoms with Crippen LogP contribution in [0.15, 0.2) is 18.2 Å². The van der Waals surface area contributed by atoms with Crippen LogP contribution in [0.4, 0.5) is 11.4 Å². The summed E-state index contributed by atoms with van der Waals surface area (Å²) in [5, 5.41) is 3.50. The minimum absolute atomic E-state index is 0.525. The predicted molar refractivity (Wildman–Crippen MR) is 70.6 cm³/mol. The zero-order valence-corrected chi connectivity index (χ0v) is 10.5. The zero-order chi connectivity index (χ0) is 11.8. The molecule has 16 heavy (non-hydrogen) atoms. The predicted octanol–water partition coefficient (Wildman–Crippen LogP) is 3.43. The maximum absolute atomic E-state index is 5.98. The van der Waals surface area contributed by atoms with E-state index >= 15 is 0 Å². The highest BCUT2D eigenvalue weighted by molar-refractivity contribution is 5.67. The Hall–Kier alpha value is -1.18. The number of nitrogens with two attached hydrogens (primary N) is 1. The second-order valence-corrected chi connectivity index (χ2v) is 5.46. The Morgan fingerprint density at radius 3 is 2.56 bits per heavy atom. The molecule has 88 valence electrons. The van der Waals surface area contributed by atoms with Crippen molar-refractivity contribution in [3.8, 4) is 0 Å². The van der Waals surface area contributed by atoms with Gasteiger partial charge in [0.2, 0.25) is 0 Å². The zero-order valence-electron chi connectivity index (χ0n) is 10.5. The van der Waals surface area contributed by atoms with Crippen molar-refractivity contribution in [2.45, 2.75) is 33.6 Å². The Morgan fingerprint density at radius 1 is 1.38 bits per heavy atom. The van der Waals surface area contributed by atoms with E-state index in [0.29, 0.717) is 5.41 Å². The molecule has 2 nitrogen and oxygen atoms in total. The van der Waals surface area contributed by atoms with Crippen molar-refractivity contribution in [3.05, 3.63) is 23.8 Å². The van der Waals surface area contributed by atoms with Crippen molar-refractivity contribution in [1.82, 2.24) is 0 Å². The Morgan fingerprint density at radius 2 is 2.06 bits per heavy atom. The fourth-order valence-electron chi connectivity index (χ4n) is 2.23. The van der Waals surface area contributed by atoms with Crippen LogP contribution in [-0.2, 0) is 0 Å². The highest BCUT2D eigenvalue weighted by Gasteiger charge is 2.44. The molecule has 0 bridgehead atoms. The van der Waals surface area contributed by atoms with Crippen molar-refractivity contribution in [3.63, 3.8) is 0 Å². The van der Waals surface area contributed by atoms with Gasteiger partial charge < -0.3 is 11.1 Å². The highest BCUT2D eigenvalue weighted by Crippen LogP contribution is 2.51. The van der Waals surface area contributed by atoms with Gasteiger partial charge >= 0.3 is 0 Å². The normalized spacial score (nSPS) is 17.5. The van der Waals surface area contributed by atoms with Crippen LogP contribution < -0.4 is 11.1 Å². The second-order valence-electron chi connectivity index (χ2n) is 5.46. The third-order valence-electron chi connectivity index (χ3n) is 3.95. The number of hydrogen-bond acceptors (Lipinski definition) is 2. The molecule has 2 heteroatoms. The molecule has 1 fully saturated rings. The SMILES string of the molecule is Cc1ccc(NCC2(C(C)C)CC2)c(N)c1. The van der Waals surface area contributed by atoms with Crippen molar-refractivity contribution >= 4 is 11.4 Å². The van der Waals surface area contributed by atoms with Crippen LogP contribution in [0.3, 0.4) is 0 Å². The highest BCUT2D eigenvalue weighted by atomic mass is 14.9. The number of benzene rings is 1. The average Bonchev–Trinajstić information content (AvgIpc) is 2.97. The summed E-state index contributed by atoms with van der Waals surface area (Å²) >= 11 is 0. The molecule has 0 aliphatic heterocycles. The molecule has 0 amide bonds. The first-order valence-electron chi connectivity index (χ1n) is 6.13. The largest absolute Gasteiger partial charge is 0.397 e. The van der Waals surface area contributed by atoms with Gasteiger partial charge in [0.05, 0.1) is 11.4 Å². The van der Waals surface area contributed by atoms with Crippen molar-refractivity contribution < 1.29 is 0 Å². The Labute approximate surface area is 98.2 Å². The Balaban J connectivity index is 2.00. The molecule has 0 spiro atoms. The minimum Gasteiger partial charge on any atom is -0.397 e. The molecule has 2 rings (SSSR count). The molecule has 1 aliphatic carbocycles.